The van der Waals surface area contributed by atoms with Crippen molar-refractivity contribution >= 4 is 5.69 Å². The molecule has 1 aromatic carbocycles. The third kappa shape index (κ3) is 2.78. The molecule has 1 saturated carbocycles. The van der Waals surface area contributed by atoms with Crippen LogP contribution in [-0.2, 0) is 0 Å². The van der Waals surface area contributed by atoms with E-state index in [9.17, 15) is 4.39 Å². The Morgan fingerprint density at radius 2 is 2.06 bits per heavy atom. The van der Waals surface area contributed by atoms with E-state index in [-0.39, 0.29) is 11.4 Å². The van der Waals surface area contributed by atoms with Crippen molar-refractivity contribution in [3.8, 4) is 0 Å². The number of benzene rings is 1. The fourth-order valence-electron chi connectivity index (χ4n) is 2.40. The zero-order chi connectivity index (χ0) is 12.3. The van der Waals surface area contributed by atoms with Crippen molar-refractivity contribution in [1.82, 2.24) is 0 Å². The molecule has 0 amide bonds. The van der Waals surface area contributed by atoms with Crippen molar-refractivity contribution in [3.63, 3.8) is 0 Å². The Morgan fingerprint density at radius 3 is 2.59 bits per heavy atom. The molecule has 1 aliphatic rings. The zero-order valence-electron chi connectivity index (χ0n) is 10.5. The van der Waals surface area contributed by atoms with E-state index in [2.05, 4.69) is 11.8 Å². The molecule has 0 saturated heterocycles. The second-order valence-electron chi connectivity index (χ2n) is 5.00. The van der Waals surface area contributed by atoms with Crippen LogP contribution in [0.1, 0.15) is 32.6 Å². The number of rotatable bonds is 5. The van der Waals surface area contributed by atoms with Gasteiger partial charge in [-0.15, -0.1) is 0 Å². The highest BCUT2D eigenvalue weighted by Gasteiger charge is 2.32. The molecule has 2 rings (SSSR count). The summed E-state index contributed by atoms with van der Waals surface area (Å²) in [6, 6.07) is 6.95. The average Bonchev–Trinajstić information content (AvgIpc) is 2.29. The number of anilines is 1. The average molecular weight is 236 g/mol. The predicted molar refractivity (Wildman–Crippen MR) is 69.7 cm³/mol. The summed E-state index contributed by atoms with van der Waals surface area (Å²) in [6.45, 7) is 3.71. The summed E-state index contributed by atoms with van der Waals surface area (Å²) in [4.78, 5) is 2.07. The van der Waals surface area contributed by atoms with Gasteiger partial charge in [0.25, 0.3) is 0 Å². The second-order valence-corrected chi connectivity index (χ2v) is 5.00. The number of nitrogens with zero attached hydrogens (tertiary/aromatic N) is 1. The Bertz CT molecular complexity index is 374. The lowest BCUT2D eigenvalue weighted by atomic mass is 9.75. The lowest BCUT2D eigenvalue weighted by Gasteiger charge is -2.40. The Kier molecular flexibility index (Phi) is 3.67. The number of para-hydroxylation sites is 1. The van der Waals surface area contributed by atoms with E-state index in [0.29, 0.717) is 5.69 Å². The van der Waals surface area contributed by atoms with Crippen LogP contribution in [0.3, 0.4) is 0 Å². The van der Waals surface area contributed by atoms with Gasteiger partial charge in [-0.05, 0) is 44.7 Å². The molecule has 0 unspecified atom stereocenters. The van der Waals surface area contributed by atoms with Gasteiger partial charge in [0, 0.05) is 18.6 Å². The quantitative estimate of drug-likeness (QED) is 0.851. The van der Waals surface area contributed by atoms with Crippen LogP contribution >= 0.6 is 0 Å². The van der Waals surface area contributed by atoms with Crippen LogP contribution in [0.15, 0.2) is 24.3 Å². The number of hydrogen-bond donors (Lipinski definition) is 1. The predicted octanol–water partition coefficient (Wildman–Crippen LogP) is 2.92. The molecular formula is C14H21FN2. The molecule has 0 radical (unpaired) electrons. The molecule has 1 aliphatic carbocycles. The maximum Gasteiger partial charge on any atom is 0.146 e. The molecule has 2 nitrogen and oxygen atoms in total. The van der Waals surface area contributed by atoms with Gasteiger partial charge in [0.2, 0.25) is 0 Å². The largest absolute Gasteiger partial charge is 0.369 e. The Morgan fingerprint density at radius 1 is 1.35 bits per heavy atom. The molecule has 0 atom stereocenters. The Balaban J connectivity index is 1.99. The SMILES string of the molecule is CCN(CCC1(N)CCC1)c1ccccc1F. The van der Waals surface area contributed by atoms with Gasteiger partial charge < -0.3 is 10.6 Å². The number of nitrogens with two attached hydrogens (primary N) is 1. The standard InChI is InChI=1S/C14H21FN2/c1-2-17(11-10-14(16)8-5-9-14)13-7-4-3-6-12(13)15/h3-4,6-7H,2,5,8-11,16H2,1H3. The topological polar surface area (TPSA) is 29.3 Å². The van der Waals surface area contributed by atoms with Crippen LogP contribution in [0, 0.1) is 5.82 Å². The monoisotopic (exact) mass is 236 g/mol. The van der Waals surface area contributed by atoms with Crippen molar-refractivity contribution in [1.29, 1.82) is 0 Å². The molecule has 3 heteroatoms. The molecule has 17 heavy (non-hydrogen) atoms. The van der Waals surface area contributed by atoms with Gasteiger partial charge in [-0.2, -0.15) is 0 Å². The second kappa shape index (κ2) is 5.05. The lowest BCUT2D eigenvalue weighted by Crippen LogP contribution is -2.48. The van der Waals surface area contributed by atoms with Gasteiger partial charge in [0.1, 0.15) is 5.82 Å². The van der Waals surface area contributed by atoms with Gasteiger partial charge in [-0.3, -0.25) is 0 Å². The minimum Gasteiger partial charge on any atom is -0.369 e. The fourth-order valence-corrected chi connectivity index (χ4v) is 2.40. The summed E-state index contributed by atoms with van der Waals surface area (Å²) in [6.07, 6.45) is 4.42. The first-order valence-corrected chi connectivity index (χ1v) is 6.43. The molecule has 0 aliphatic heterocycles. The number of halogens is 1. The Labute approximate surface area is 103 Å². The molecule has 0 spiro atoms. The van der Waals surface area contributed by atoms with Gasteiger partial charge >= 0.3 is 0 Å². The molecule has 0 aromatic heterocycles. The first-order valence-electron chi connectivity index (χ1n) is 6.43. The van der Waals surface area contributed by atoms with Crippen molar-refractivity contribution < 1.29 is 4.39 Å². The highest BCUT2D eigenvalue weighted by Crippen LogP contribution is 2.32. The zero-order valence-corrected chi connectivity index (χ0v) is 10.5. The smallest absolute Gasteiger partial charge is 0.146 e. The maximum absolute atomic E-state index is 13.7. The highest BCUT2D eigenvalue weighted by atomic mass is 19.1. The molecule has 0 heterocycles. The van der Waals surface area contributed by atoms with Crippen molar-refractivity contribution in [2.45, 2.75) is 38.1 Å². The summed E-state index contributed by atoms with van der Waals surface area (Å²) < 4.78 is 13.7. The van der Waals surface area contributed by atoms with E-state index in [1.165, 1.54) is 12.5 Å². The van der Waals surface area contributed by atoms with E-state index < -0.39 is 0 Å². The summed E-state index contributed by atoms with van der Waals surface area (Å²) in [5, 5.41) is 0. The third-order valence-corrected chi connectivity index (χ3v) is 3.80. The van der Waals surface area contributed by atoms with E-state index in [0.717, 1.165) is 32.4 Å². The van der Waals surface area contributed by atoms with E-state index >= 15 is 0 Å². The van der Waals surface area contributed by atoms with Gasteiger partial charge in [0.05, 0.1) is 5.69 Å². The van der Waals surface area contributed by atoms with Crippen molar-refractivity contribution in [2.75, 3.05) is 18.0 Å². The molecular weight excluding hydrogens is 215 g/mol. The minimum atomic E-state index is -0.144. The van der Waals surface area contributed by atoms with E-state index in [1.54, 1.807) is 6.07 Å². The van der Waals surface area contributed by atoms with E-state index in [1.807, 2.05) is 12.1 Å². The van der Waals surface area contributed by atoms with Gasteiger partial charge in [-0.25, -0.2) is 4.39 Å². The summed E-state index contributed by atoms with van der Waals surface area (Å²) >= 11 is 0. The van der Waals surface area contributed by atoms with Crippen LogP contribution in [0.25, 0.3) is 0 Å². The molecule has 1 fully saturated rings. The molecule has 94 valence electrons. The van der Waals surface area contributed by atoms with Crippen LogP contribution < -0.4 is 10.6 Å². The van der Waals surface area contributed by atoms with Crippen LogP contribution in [-0.4, -0.2) is 18.6 Å². The summed E-state index contributed by atoms with van der Waals surface area (Å²) in [7, 11) is 0. The lowest BCUT2D eigenvalue weighted by molar-refractivity contribution is 0.234. The maximum atomic E-state index is 13.7. The first-order chi connectivity index (χ1) is 8.14. The van der Waals surface area contributed by atoms with Crippen molar-refractivity contribution in [3.05, 3.63) is 30.1 Å². The summed E-state index contributed by atoms with van der Waals surface area (Å²) in [5.41, 5.74) is 6.91. The van der Waals surface area contributed by atoms with Crippen LogP contribution in [0.4, 0.5) is 10.1 Å². The number of hydrogen-bond acceptors (Lipinski definition) is 2. The van der Waals surface area contributed by atoms with Crippen molar-refractivity contribution in [2.24, 2.45) is 5.73 Å². The minimum absolute atomic E-state index is 0.0126. The Hall–Kier alpha value is -1.09. The summed E-state index contributed by atoms with van der Waals surface area (Å²) in [5.74, 6) is -0.144. The molecule has 2 N–H and O–H groups in total. The first kappa shape index (κ1) is 12.4. The van der Waals surface area contributed by atoms with Gasteiger partial charge in [-0.1, -0.05) is 12.1 Å². The highest BCUT2D eigenvalue weighted by molar-refractivity contribution is 5.47. The third-order valence-electron chi connectivity index (χ3n) is 3.80. The van der Waals surface area contributed by atoms with Gasteiger partial charge in [0.15, 0.2) is 0 Å². The molecule has 0 bridgehead atoms. The van der Waals surface area contributed by atoms with E-state index in [4.69, 9.17) is 5.73 Å². The fraction of sp³-hybridized carbons (Fsp3) is 0.571. The normalized spacial score (nSPS) is 17.6. The van der Waals surface area contributed by atoms with Crippen LogP contribution in [0.2, 0.25) is 0 Å². The van der Waals surface area contributed by atoms with Crippen LogP contribution in [0.5, 0.6) is 0 Å². The molecule has 1 aromatic rings.